The molecule has 0 unspecified atom stereocenters. The molecule has 0 fully saturated rings. The largest absolute Gasteiger partial charge is 0.494 e. The maximum absolute atomic E-state index is 12.0. The van der Waals surface area contributed by atoms with Crippen molar-refractivity contribution in [1.82, 2.24) is 0 Å². The van der Waals surface area contributed by atoms with E-state index in [1.54, 1.807) is 37.3 Å². The third-order valence-corrected chi connectivity index (χ3v) is 3.84. The molecule has 0 bridgehead atoms. The number of aryl methyl sites for hydroxylation is 1. The molecule has 0 radical (unpaired) electrons. The predicted molar refractivity (Wildman–Crippen MR) is 97.9 cm³/mol. The number of Topliss-reactive ketones (excluding diaryl/α,β-unsaturated/α-hetero) is 1. The molecule has 0 spiro atoms. The fraction of sp³-hybridized carbons (Fsp3) is 0.250. The number of hydrogen-bond acceptors (Lipinski definition) is 4. The van der Waals surface area contributed by atoms with Gasteiger partial charge in [-0.25, -0.2) is 4.79 Å². The molecule has 0 heterocycles. The number of ether oxygens (including phenoxy) is 1. The number of hydrogen-bond donors (Lipinski definition) is 2. The van der Waals surface area contributed by atoms with Gasteiger partial charge in [-0.3, -0.25) is 9.59 Å². The lowest BCUT2D eigenvalue weighted by Gasteiger charge is -2.10. The number of rotatable bonds is 8. The van der Waals surface area contributed by atoms with Crippen molar-refractivity contribution in [3.05, 3.63) is 59.2 Å². The van der Waals surface area contributed by atoms with Gasteiger partial charge in [-0.15, -0.1) is 0 Å². The van der Waals surface area contributed by atoms with Crippen molar-refractivity contribution in [2.75, 3.05) is 11.9 Å². The molecule has 136 valence electrons. The van der Waals surface area contributed by atoms with Crippen molar-refractivity contribution in [1.29, 1.82) is 0 Å². The van der Waals surface area contributed by atoms with Crippen molar-refractivity contribution in [2.45, 2.75) is 26.7 Å². The summed E-state index contributed by atoms with van der Waals surface area (Å²) in [5, 5.41) is 11.7. The molecule has 0 saturated heterocycles. The highest BCUT2D eigenvalue weighted by Crippen LogP contribution is 2.18. The molecule has 0 aromatic heterocycles. The standard InChI is InChI=1S/C20H21NO5/c1-13-5-6-16(20(24)25)12-18(13)21-19(23)4-3-11-26-17-9-7-15(8-10-17)14(2)22/h5-10,12H,3-4,11H2,1-2H3,(H,21,23)(H,24,25). The van der Waals surface area contributed by atoms with E-state index in [4.69, 9.17) is 9.84 Å². The van der Waals surface area contributed by atoms with Crippen LogP contribution in [-0.4, -0.2) is 29.4 Å². The Morgan fingerprint density at radius 3 is 2.31 bits per heavy atom. The molecule has 2 N–H and O–H groups in total. The van der Waals surface area contributed by atoms with Crippen LogP contribution in [0.1, 0.15) is 46.0 Å². The Balaban J connectivity index is 1.79. The molecule has 0 atom stereocenters. The van der Waals surface area contributed by atoms with Crippen LogP contribution >= 0.6 is 0 Å². The smallest absolute Gasteiger partial charge is 0.335 e. The molecule has 6 nitrogen and oxygen atoms in total. The first-order valence-corrected chi connectivity index (χ1v) is 8.24. The summed E-state index contributed by atoms with van der Waals surface area (Å²) in [5.74, 6) is -0.605. The number of nitrogens with one attached hydrogen (secondary N) is 1. The number of carboxylic acid groups (broad SMARTS) is 1. The molecule has 2 aromatic rings. The Labute approximate surface area is 151 Å². The minimum Gasteiger partial charge on any atom is -0.494 e. The van der Waals surface area contributed by atoms with Crippen LogP contribution in [0.3, 0.4) is 0 Å². The molecule has 2 rings (SSSR count). The maximum Gasteiger partial charge on any atom is 0.335 e. The zero-order valence-corrected chi connectivity index (χ0v) is 14.7. The minimum absolute atomic E-state index is 0.00418. The van der Waals surface area contributed by atoms with Crippen LogP contribution in [0.5, 0.6) is 5.75 Å². The average molecular weight is 355 g/mol. The molecule has 0 saturated carbocycles. The van der Waals surface area contributed by atoms with E-state index in [1.807, 2.05) is 0 Å². The van der Waals surface area contributed by atoms with Crippen LogP contribution in [0.15, 0.2) is 42.5 Å². The van der Waals surface area contributed by atoms with Crippen LogP contribution in [0.2, 0.25) is 0 Å². The van der Waals surface area contributed by atoms with E-state index in [2.05, 4.69) is 5.32 Å². The van der Waals surface area contributed by atoms with Gasteiger partial charge < -0.3 is 15.2 Å². The monoisotopic (exact) mass is 355 g/mol. The fourth-order valence-electron chi connectivity index (χ4n) is 2.31. The van der Waals surface area contributed by atoms with Crippen molar-refractivity contribution in [3.8, 4) is 5.75 Å². The van der Waals surface area contributed by atoms with E-state index in [9.17, 15) is 14.4 Å². The summed E-state index contributed by atoms with van der Waals surface area (Å²) in [5.41, 5.74) is 2.04. The molecular weight excluding hydrogens is 334 g/mol. The van der Waals surface area contributed by atoms with Gasteiger partial charge in [0.05, 0.1) is 12.2 Å². The van der Waals surface area contributed by atoms with Gasteiger partial charge in [0.15, 0.2) is 5.78 Å². The third kappa shape index (κ3) is 5.44. The van der Waals surface area contributed by atoms with Crippen LogP contribution in [0.25, 0.3) is 0 Å². The quantitative estimate of drug-likeness (QED) is 0.556. The van der Waals surface area contributed by atoms with E-state index in [0.29, 0.717) is 30.0 Å². The first-order valence-electron chi connectivity index (χ1n) is 8.24. The SMILES string of the molecule is CC(=O)c1ccc(OCCCC(=O)Nc2cc(C(=O)O)ccc2C)cc1. The van der Waals surface area contributed by atoms with Gasteiger partial charge in [-0.05, 0) is 62.2 Å². The maximum atomic E-state index is 12.0. The highest BCUT2D eigenvalue weighted by molar-refractivity contribution is 5.95. The van der Waals surface area contributed by atoms with E-state index in [0.717, 1.165) is 5.56 Å². The Morgan fingerprint density at radius 1 is 1.04 bits per heavy atom. The van der Waals surface area contributed by atoms with Gasteiger partial charge in [-0.1, -0.05) is 6.07 Å². The zero-order chi connectivity index (χ0) is 19.1. The molecule has 2 aromatic carbocycles. The summed E-state index contributed by atoms with van der Waals surface area (Å²) >= 11 is 0. The number of amides is 1. The van der Waals surface area contributed by atoms with Crippen molar-refractivity contribution in [2.24, 2.45) is 0 Å². The Bertz CT molecular complexity index is 811. The van der Waals surface area contributed by atoms with Gasteiger partial charge in [0.1, 0.15) is 5.75 Å². The van der Waals surface area contributed by atoms with E-state index >= 15 is 0 Å². The van der Waals surface area contributed by atoms with Gasteiger partial charge in [0, 0.05) is 17.7 Å². The van der Waals surface area contributed by atoms with Gasteiger partial charge in [0.2, 0.25) is 5.91 Å². The average Bonchev–Trinajstić information content (AvgIpc) is 2.61. The summed E-state index contributed by atoms with van der Waals surface area (Å²) in [6, 6.07) is 11.4. The van der Waals surface area contributed by atoms with Crippen LogP contribution in [-0.2, 0) is 4.79 Å². The van der Waals surface area contributed by atoms with E-state index in [-0.39, 0.29) is 23.7 Å². The number of ketones is 1. The molecule has 0 aliphatic rings. The van der Waals surface area contributed by atoms with Gasteiger partial charge in [0.25, 0.3) is 0 Å². The van der Waals surface area contributed by atoms with E-state index < -0.39 is 5.97 Å². The zero-order valence-electron chi connectivity index (χ0n) is 14.7. The summed E-state index contributed by atoms with van der Waals surface area (Å²) in [4.78, 5) is 34.2. The highest BCUT2D eigenvalue weighted by atomic mass is 16.5. The summed E-state index contributed by atoms with van der Waals surface area (Å²) < 4.78 is 5.55. The summed E-state index contributed by atoms with van der Waals surface area (Å²) in [6.45, 7) is 3.67. The lowest BCUT2D eigenvalue weighted by Crippen LogP contribution is -2.14. The number of carbonyl (C=O) groups is 3. The van der Waals surface area contributed by atoms with E-state index in [1.165, 1.54) is 19.1 Å². The molecule has 6 heteroatoms. The summed E-state index contributed by atoms with van der Waals surface area (Å²) in [7, 11) is 0. The first kappa shape index (κ1) is 19.2. The van der Waals surface area contributed by atoms with Crippen molar-refractivity contribution < 1.29 is 24.2 Å². The second-order valence-corrected chi connectivity index (χ2v) is 5.92. The lowest BCUT2D eigenvalue weighted by molar-refractivity contribution is -0.116. The fourth-order valence-corrected chi connectivity index (χ4v) is 2.31. The predicted octanol–water partition coefficient (Wildman–Crippen LogP) is 3.69. The first-order chi connectivity index (χ1) is 12.4. The van der Waals surface area contributed by atoms with Crippen molar-refractivity contribution >= 4 is 23.3 Å². The summed E-state index contributed by atoms with van der Waals surface area (Å²) in [6.07, 6.45) is 0.764. The number of carboxylic acids is 1. The Hall–Kier alpha value is -3.15. The second-order valence-electron chi connectivity index (χ2n) is 5.92. The Kier molecular flexibility index (Phi) is 6.49. The van der Waals surface area contributed by atoms with Crippen LogP contribution in [0.4, 0.5) is 5.69 Å². The highest BCUT2D eigenvalue weighted by Gasteiger charge is 2.09. The molecule has 0 aliphatic carbocycles. The molecule has 1 amide bonds. The number of carbonyl (C=O) groups excluding carboxylic acids is 2. The van der Waals surface area contributed by atoms with Gasteiger partial charge in [-0.2, -0.15) is 0 Å². The molecular formula is C20H21NO5. The molecule has 0 aliphatic heterocycles. The number of anilines is 1. The number of benzene rings is 2. The topological polar surface area (TPSA) is 92.7 Å². The third-order valence-electron chi connectivity index (χ3n) is 3.84. The van der Waals surface area contributed by atoms with Crippen LogP contribution < -0.4 is 10.1 Å². The number of aromatic carboxylic acids is 1. The van der Waals surface area contributed by atoms with Gasteiger partial charge >= 0.3 is 5.97 Å². The molecule has 26 heavy (non-hydrogen) atoms. The Morgan fingerprint density at radius 2 is 1.69 bits per heavy atom. The lowest BCUT2D eigenvalue weighted by atomic mass is 10.1. The normalized spacial score (nSPS) is 10.2. The second kappa shape index (κ2) is 8.80. The van der Waals surface area contributed by atoms with Crippen LogP contribution in [0, 0.1) is 6.92 Å². The van der Waals surface area contributed by atoms with Crippen molar-refractivity contribution in [3.63, 3.8) is 0 Å². The minimum atomic E-state index is -1.04.